The fourth-order valence-corrected chi connectivity index (χ4v) is 1.48. The van der Waals surface area contributed by atoms with Crippen molar-refractivity contribution in [1.29, 1.82) is 5.26 Å². The summed E-state index contributed by atoms with van der Waals surface area (Å²) < 4.78 is 33.4. The molecule has 1 aromatic rings. The predicted octanol–water partition coefficient (Wildman–Crippen LogP) is 2.64. The summed E-state index contributed by atoms with van der Waals surface area (Å²) in [5.74, 6) is -0.877. The first-order chi connectivity index (χ1) is 8.51. The summed E-state index contributed by atoms with van der Waals surface area (Å²) in [7, 11) is 0. The van der Waals surface area contributed by atoms with Crippen LogP contribution in [0.4, 0.5) is 8.78 Å². The minimum absolute atomic E-state index is 0.0440. The second-order valence-corrected chi connectivity index (χ2v) is 3.32. The lowest BCUT2D eigenvalue weighted by atomic mass is 10.0. The molecule has 0 amide bonds. The standard InChI is InChI=1S/C12H11F2NO3/c1-3-17-11(16)10-7(2)9(18-12(13)14)5-4-8(10)6-15/h4-5,12H,3H2,1-2H3. The van der Waals surface area contributed by atoms with Crippen LogP contribution in [0.2, 0.25) is 0 Å². The Labute approximate surface area is 103 Å². The van der Waals surface area contributed by atoms with Crippen molar-refractivity contribution in [1.82, 2.24) is 0 Å². The third-order valence-electron chi connectivity index (χ3n) is 2.23. The highest BCUT2D eigenvalue weighted by atomic mass is 19.3. The van der Waals surface area contributed by atoms with E-state index in [1.165, 1.54) is 19.1 Å². The van der Waals surface area contributed by atoms with Gasteiger partial charge in [0.25, 0.3) is 0 Å². The Kier molecular flexibility index (Phi) is 4.60. The summed E-state index contributed by atoms with van der Waals surface area (Å²) in [5.41, 5.74) is 0.179. The quantitative estimate of drug-likeness (QED) is 0.776. The molecule has 0 saturated heterocycles. The van der Waals surface area contributed by atoms with Crippen molar-refractivity contribution in [3.63, 3.8) is 0 Å². The first kappa shape index (κ1) is 13.9. The molecule has 0 radical (unpaired) electrons. The van der Waals surface area contributed by atoms with Gasteiger partial charge >= 0.3 is 12.6 Å². The molecule has 0 aliphatic rings. The van der Waals surface area contributed by atoms with Gasteiger partial charge in [-0.3, -0.25) is 0 Å². The molecule has 0 aliphatic carbocycles. The zero-order valence-electron chi connectivity index (χ0n) is 9.87. The average molecular weight is 255 g/mol. The SMILES string of the molecule is CCOC(=O)c1c(C#N)ccc(OC(F)F)c1C. The van der Waals surface area contributed by atoms with E-state index in [4.69, 9.17) is 10.00 Å². The number of rotatable bonds is 4. The van der Waals surface area contributed by atoms with Crippen molar-refractivity contribution in [3.8, 4) is 11.8 Å². The number of nitrogens with zero attached hydrogens (tertiary/aromatic N) is 1. The molecule has 0 saturated carbocycles. The summed E-state index contributed by atoms with van der Waals surface area (Å²) in [6.45, 7) is 0.166. The molecule has 18 heavy (non-hydrogen) atoms. The van der Waals surface area contributed by atoms with Gasteiger partial charge in [0.15, 0.2) is 0 Å². The van der Waals surface area contributed by atoms with Gasteiger partial charge < -0.3 is 9.47 Å². The van der Waals surface area contributed by atoms with Crippen LogP contribution in [0.15, 0.2) is 12.1 Å². The average Bonchev–Trinajstić information content (AvgIpc) is 2.31. The molecule has 0 atom stereocenters. The van der Waals surface area contributed by atoms with Gasteiger partial charge in [0.05, 0.1) is 17.7 Å². The van der Waals surface area contributed by atoms with E-state index in [-0.39, 0.29) is 29.0 Å². The molecular weight excluding hydrogens is 244 g/mol. The van der Waals surface area contributed by atoms with Crippen LogP contribution in [-0.4, -0.2) is 19.2 Å². The summed E-state index contributed by atoms with van der Waals surface area (Å²) >= 11 is 0. The van der Waals surface area contributed by atoms with E-state index in [1.807, 2.05) is 6.07 Å². The molecule has 0 fully saturated rings. The largest absolute Gasteiger partial charge is 0.462 e. The van der Waals surface area contributed by atoms with Crippen LogP contribution in [0.25, 0.3) is 0 Å². The third kappa shape index (κ3) is 2.94. The lowest BCUT2D eigenvalue weighted by molar-refractivity contribution is -0.0503. The Morgan fingerprint density at radius 1 is 1.50 bits per heavy atom. The molecule has 0 bridgehead atoms. The molecule has 0 N–H and O–H groups in total. The smallest absolute Gasteiger partial charge is 0.387 e. The van der Waals surface area contributed by atoms with Crippen LogP contribution in [0, 0.1) is 18.3 Å². The molecule has 96 valence electrons. The molecule has 0 aromatic heterocycles. The van der Waals surface area contributed by atoms with Crippen molar-refractivity contribution in [2.75, 3.05) is 6.61 Å². The van der Waals surface area contributed by atoms with Crippen LogP contribution in [-0.2, 0) is 4.74 Å². The van der Waals surface area contributed by atoms with Crippen molar-refractivity contribution in [3.05, 3.63) is 28.8 Å². The van der Waals surface area contributed by atoms with E-state index >= 15 is 0 Å². The number of hydrogen-bond donors (Lipinski definition) is 0. The number of carbonyl (C=O) groups excluding carboxylic acids is 1. The Bertz CT molecular complexity index is 495. The topological polar surface area (TPSA) is 59.3 Å². The van der Waals surface area contributed by atoms with E-state index in [2.05, 4.69) is 4.74 Å². The van der Waals surface area contributed by atoms with Gasteiger partial charge in [-0.05, 0) is 26.0 Å². The number of alkyl halides is 2. The lowest BCUT2D eigenvalue weighted by Crippen LogP contribution is -2.12. The van der Waals surface area contributed by atoms with Crippen LogP contribution < -0.4 is 4.74 Å². The third-order valence-corrected chi connectivity index (χ3v) is 2.23. The van der Waals surface area contributed by atoms with Gasteiger partial charge in [-0.2, -0.15) is 14.0 Å². The number of nitriles is 1. The molecule has 0 aliphatic heterocycles. The van der Waals surface area contributed by atoms with Crippen molar-refractivity contribution in [2.24, 2.45) is 0 Å². The van der Waals surface area contributed by atoms with Crippen molar-refractivity contribution >= 4 is 5.97 Å². The van der Waals surface area contributed by atoms with Gasteiger partial charge in [0.2, 0.25) is 0 Å². The van der Waals surface area contributed by atoms with Crippen molar-refractivity contribution in [2.45, 2.75) is 20.5 Å². The van der Waals surface area contributed by atoms with Gasteiger partial charge in [0.1, 0.15) is 11.8 Å². The molecule has 1 rings (SSSR count). The Morgan fingerprint density at radius 3 is 2.67 bits per heavy atom. The number of carbonyl (C=O) groups is 1. The number of ether oxygens (including phenoxy) is 2. The highest BCUT2D eigenvalue weighted by molar-refractivity contribution is 5.94. The van der Waals surface area contributed by atoms with Gasteiger partial charge in [-0.25, -0.2) is 4.79 Å². The number of halogens is 2. The van der Waals surface area contributed by atoms with E-state index in [0.29, 0.717) is 0 Å². The van der Waals surface area contributed by atoms with Crippen molar-refractivity contribution < 1.29 is 23.0 Å². The second kappa shape index (κ2) is 5.96. The lowest BCUT2D eigenvalue weighted by Gasteiger charge is -2.12. The number of hydrogen-bond acceptors (Lipinski definition) is 4. The Hall–Kier alpha value is -2.16. The normalized spacial score (nSPS) is 10.0. The van der Waals surface area contributed by atoms with Crippen LogP contribution in [0.5, 0.6) is 5.75 Å². The van der Waals surface area contributed by atoms with E-state index in [1.54, 1.807) is 6.92 Å². The van der Waals surface area contributed by atoms with Gasteiger partial charge in [-0.1, -0.05) is 0 Å². The van der Waals surface area contributed by atoms with E-state index in [0.717, 1.165) is 0 Å². The fraction of sp³-hybridized carbons (Fsp3) is 0.333. The summed E-state index contributed by atoms with van der Waals surface area (Å²) in [6.07, 6.45) is 0. The molecule has 0 spiro atoms. The summed E-state index contributed by atoms with van der Waals surface area (Å²) in [4.78, 5) is 11.7. The molecule has 0 unspecified atom stereocenters. The molecule has 1 aromatic carbocycles. The zero-order chi connectivity index (χ0) is 13.7. The highest BCUT2D eigenvalue weighted by Gasteiger charge is 2.20. The minimum Gasteiger partial charge on any atom is -0.462 e. The maximum absolute atomic E-state index is 12.2. The first-order valence-electron chi connectivity index (χ1n) is 5.16. The summed E-state index contributed by atoms with van der Waals surface area (Å²) in [6, 6.07) is 4.28. The van der Waals surface area contributed by atoms with E-state index in [9.17, 15) is 13.6 Å². The fourth-order valence-electron chi connectivity index (χ4n) is 1.48. The highest BCUT2D eigenvalue weighted by Crippen LogP contribution is 2.26. The molecule has 6 heteroatoms. The van der Waals surface area contributed by atoms with Crippen LogP contribution in [0.3, 0.4) is 0 Å². The van der Waals surface area contributed by atoms with Crippen LogP contribution >= 0.6 is 0 Å². The number of benzene rings is 1. The second-order valence-electron chi connectivity index (χ2n) is 3.32. The van der Waals surface area contributed by atoms with Crippen LogP contribution in [0.1, 0.15) is 28.4 Å². The first-order valence-corrected chi connectivity index (χ1v) is 5.16. The Morgan fingerprint density at radius 2 is 2.17 bits per heavy atom. The van der Waals surface area contributed by atoms with Gasteiger partial charge in [0, 0.05) is 5.56 Å². The van der Waals surface area contributed by atoms with Gasteiger partial charge in [-0.15, -0.1) is 0 Å². The maximum atomic E-state index is 12.2. The molecule has 0 heterocycles. The monoisotopic (exact) mass is 255 g/mol. The zero-order valence-corrected chi connectivity index (χ0v) is 9.87. The Balaban J connectivity index is 3.28. The minimum atomic E-state index is -2.99. The summed E-state index contributed by atoms with van der Waals surface area (Å²) in [5, 5.41) is 8.89. The molecule has 4 nitrogen and oxygen atoms in total. The maximum Gasteiger partial charge on any atom is 0.387 e. The van der Waals surface area contributed by atoms with E-state index < -0.39 is 12.6 Å². The number of esters is 1. The molecular formula is C12H11F2NO3. The predicted molar refractivity (Wildman–Crippen MR) is 58.5 cm³/mol.